The van der Waals surface area contributed by atoms with Crippen molar-refractivity contribution in [3.05, 3.63) is 0 Å². The van der Waals surface area contributed by atoms with E-state index >= 15 is 0 Å². The standard InChI is InChI=1S/C5H12ClN2O4P/c1-4(13(10,11)12)8(3-2-6)5(7)9/h4H,2-3H2,1H3,(H2,7,9)(H2,10,11,12). The summed E-state index contributed by atoms with van der Waals surface area (Å²) in [5.41, 5.74) is 4.91. The van der Waals surface area contributed by atoms with Gasteiger partial charge in [-0.3, -0.25) is 4.57 Å². The Kier molecular flexibility index (Phi) is 4.70. The predicted octanol–water partition coefficient (Wildman–Crippen LogP) is 0.130. The number of nitrogens with two attached hydrogens (primary N) is 1. The summed E-state index contributed by atoms with van der Waals surface area (Å²) in [5.74, 6) is -1.16. The molecular weight excluding hydrogens is 218 g/mol. The molecule has 6 nitrogen and oxygen atoms in total. The number of halogens is 1. The quantitative estimate of drug-likeness (QED) is 0.472. The summed E-state index contributed by atoms with van der Waals surface area (Å²) >= 11 is 5.33. The van der Waals surface area contributed by atoms with Gasteiger partial charge in [0.2, 0.25) is 0 Å². The van der Waals surface area contributed by atoms with E-state index in [0.717, 1.165) is 4.90 Å². The normalized spacial score (nSPS) is 13.8. The molecule has 0 aromatic rings. The highest BCUT2D eigenvalue weighted by Crippen LogP contribution is 2.42. The maximum atomic E-state index is 10.8. The van der Waals surface area contributed by atoms with Gasteiger partial charge in [0.1, 0.15) is 5.78 Å². The first-order valence-electron chi connectivity index (χ1n) is 3.48. The van der Waals surface area contributed by atoms with Gasteiger partial charge in [-0.05, 0) is 6.92 Å². The second-order valence-corrected chi connectivity index (χ2v) is 4.75. The van der Waals surface area contributed by atoms with E-state index < -0.39 is 19.4 Å². The van der Waals surface area contributed by atoms with E-state index in [0.29, 0.717) is 0 Å². The fourth-order valence-corrected chi connectivity index (χ4v) is 1.53. The average Bonchev–Trinajstić information content (AvgIpc) is 1.96. The monoisotopic (exact) mass is 230 g/mol. The smallest absolute Gasteiger partial charge is 0.347 e. The molecule has 0 aromatic heterocycles. The molecule has 0 spiro atoms. The Morgan fingerprint density at radius 3 is 2.38 bits per heavy atom. The second kappa shape index (κ2) is 4.81. The van der Waals surface area contributed by atoms with Gasteiger partial charge in [-0.15, -0.1) is 11.6 Å². The van der Waals surface area contributed by atoms with Crippen LogP contribution in [0.4, 0.5) is 4.79 Å². The molecule has 0 rings (SSSR count). The highest BCUT2D eigenvalue weighted by atomic mass is 35.5. The Balaban J connectivity index is 4.56. The highest BCUT2D eigenvalue weighted by Gasteiger charge is 2.31. The topological polar surface area (TPSA) is 104 Å². The molecule has 2 amide bonds. The van der Waals surface area contributed by atoms with E-state index in [1.54, 1.807) is 0 Å². The first kappa shape index (κ1) is 12.7. The zero-order chi connectivity index (χ0) is 10.6. The van der Waals surface area contributed by atoms with Crippen molar-refractivity contribution in [1.82, 2.24) is 4.90 Å². The van der Waals surface area contributed by atoms with Gasteiger partial charge in [0, 0.05) is 12.4 Å². The number of hydrogen-bond donors (Lipinski definition) is 3. The molecule has 1 unspecified atom stereocenters. The van der Waals surface area contributed by atoms with Gasteiger partial charge in [0.15, 0.2) is 0 Å². The van der Waals surface area contributed by atoms with Crippen LogP contribution in [-0.4, -0.2) is 38.9 Å². The van der Waals surface area contributed by atoms with Crippen molar-refractivity contribution in [1.29, 1.82) is 0 Å². The lowest BCUT2D eigenvalue weighted by Crippen LogP contribution is -2.43. The summed E-state index contributed by atoms with van der Waals surface area (Å²) in [4.78, 5) is 29.1. The third-order valence-electron chi connectivity index (χ3n) is 1.55. The molecule has 0 radical (unpaired) electrons. The van der Waals surface area contributed by atoms with Crippen molar-refractivity contribution in [3.8, 4) is 0 Å². The van der Waals surface area contributed by atoms with Crippen LogP contribution < -0.4 is 5.73 Å². The van der Waals surface area contributed by atoms with Crippen molar-refractivity contribution in [2.75, 3.05) is 12.4 Å². The molecule has 0 saturated heterocycles. The number of carbonyl (C=O) groups excluding carboxylic acids is 1. The maximum Gasteiger partial charge on any atom is 0.347 e. The van der Waals surface area contributed by atoms with Gasteiger partial charge >= 0.3 is 13.6 Å². The molecule has 8 heteroatoms. The minimum Gasteiger partial charge on any atom is -0.351 e. The minimum atomic E-state index is -4.33. The summed E-state index contributed by atoms with van der Waals surface area (Å²) in [7, 11) is -4.33. The molecule has 0 heterocycles. The Morgan fingerprint density at radius 2 is 2.15 bits per heavy atom. The van der Waals surface area contributed by atoms with Crippen LogP contribution in [0.15, 0.2) is 0 Å². The summed E-state index contributed by atoms with van der Waals surface area (Å²) in [6.45, 7) is 1.24. The van der Waals surface area contributed by atoms with E-state index in [1.165, 1.54) is 6.92 Å². The lowest BCUT2D eigenvalue weighted by molar-refractivity contribution is 0.198. The molecule has 0 aromatic carbocycles. The molecule has 0 bridgehead atoms. The number of urea groups is 1. The van der Waals surface area contributed by atoms with Crippen LogP contribution in [0.25, 0.3) is 0 Å². The van der Waals surface area contributed by atoms with Crippen LogP contribution in [0.5, 0.6) is 0 Å². The molecule has 1 atom stereocenters. The van der Waals surface area contributed by atoms with Crippen LogP contribution >= 0.6 is 19.2 Å². The fourth-order valence-electron chi connectivity index (χ4n) is 0.754. The van der Waals surface area contributed by atoms with Crippen LogP contribution in [-0.2, 0) is 4.57 Å². The van der Waals surface area contributed by atoms with Gasteiger partial charge in [-0.2, -0.15) is 0 Å². The van der Waals surface area contributed by atoms with E-state index in [4.69, 9.17) is 27.1 Å². The lowest BCUT2D eigenvalue weighted by Gasteiger charge is -2.26. The molecule has 0 saturated carbocycles. The van der Waals surface area contributed by atoms with Crippen LogP contribution in [0, 0.1) is 0 Å². The van der Waals surface area contributed by atoms with Crippen LogP contribution in [0.1, 0.15) is 6.92 Å². The molecule has 0 aliphatic heterocycles. The zero-order valence-corrected chi connectivity index (χ0v) is 8.70. The van der Waals surface area contributed by atoms with Crippen molar-refractivity contribution < 1.29 is 19.1 Å². The number of hydrogen-bond acceptors (Lipinski definition) is 2. The second-order valence-electron chi connectivity index (χ2n) is 2.44. The third kappa shape index (κ3) is 3.95. The number of rotatable bonds is 4. The van der Waals surface area contributed by atoms with Crippen molar-refractivity contribution >= 4 is 25.2 Å². The Bertz CT molecular complexity index is 231. The summed E-state index contributed by atoms with van der Waals surface area (Å²) in [6.07, 6.45) is 0. The summed E-state index contributed by atoms with van der Waals surface area (Å²) in [5, 5.41) is 0. The highest BCUT2D eigenvalue weighted by molar-refractivity contribution is 7.52. The first-order valence-corrected chi connectivity index (χ1v) is 5.69. The number of amides is 2. The molecule has 0 aliphatic carbocycles. The molecular formula is C5H12ClN2O4P. The minimum absolute atomic E-state index is 0.0170. The van der Waals surface area contributed by atoms with E-state index in [2.05, 4.69) is 0 Å². The molecule has 0 fully saturated rings. The van der Waals surface area contributed by atoms with Crippen molar-refractivity contribution in [3.63, 3.8) is 0 Å². The first-order chi connectivity index (χ1) is 5.80. The van der Waals surface area contributed by atoms with Crippen molar-refractivity contribution in [2.24, 2.45) is 5.73 Å². The van der Waals surface area contributed by atoms with E-state index in [-0.39, 0.29) is 12.4 Å². The number of nitrogens with zero attached hydrogens (tertiary/aromatic N) is 1. The Morgan fingerprint density at radius 1 is 1.69 bits per heavy atom. The molecule has 4 N–H and O–H groups in total. The van der Waals surface area contributed by atoms with Crippen LogP contribution in [0.2, 0.25) is 0 Å². The summed E-state index contributed by atoms with van der Waals surface area (Å²) in [6, 6.07) is -0.892. The molecule has 13 heavy (non-hydrogen) atoms. The number of alkyl halides is 1. The van der Waals surface area contributed by atoms with Gasteiger partial charge < -0.3 is 20.4 Å². The Labute approximate surface area is 80.8 Å². The fraction of sp³-hybridized carbons (Fsp3) is 0.800. The van der Waals surface area contributed by atoms with Gasteiger partial charge in [-0.1, -0.05) is 0 Å². The number of carbonyl (C=O) groups is 1. The van der Waals surface area contributed by atoms with Gasteiger partial charge in [0.05, 0.1) is 0 Å². The predicted molar refractivity (Wildman–Crippen MR) is 48.5 cm³/mol. The van der Waals surface area contributed by atoms with Crippen LogP contribution in [0.3, 0.4) is 0 Å². The average molecular weight is 231 g/mol. The largest absolute Gasteiger partial charge is 0.351 e. The Hall–Kier alpha value is -0.290. The van der Waals surface area contributed by atoms with Crippen molar-refractivity contribution in [2.45, 2.75) is 12.7 Å². The molecule has 0 aliphatic rings. The SMILES string of the molecule is CC(N(CCCl)C(N)=O)P(=O)(O)O. The van der Waals surface area contributed by atoms with E-state index in [9.17, 15) is 9.36 Å². The van der Waals surface area contributed by atoms with E-state index in [1.807, 2.05) is 0 Å². The molecule has 78 valence electrons. The number of primary amides is 1. The van der Waals surface area contributed by atoms with Gasteiger partial charge in [0.25, 0.3) is 0 Å². The summed E-state index contributed by atoms with van der Waals surface area (Å²) < 4.78 is 10.8. The zero-order valence-electron chi connectivity index (χ0n) is 7.05. The maximum absolute atomic E-state index is 10.8. The van der Waals surface area contributed by atoms with Gasteiger partial charge in [-0.25, -0.2) is 4.79 Å². The lowest BCUT2D eigenvalue weighted by atomic mass is 10.5. The third-order valence-corrected chi connectivity index (χ3v) is 2.97.